The van der Waals surface area contributed by atoms with Crippen LogP contribution in [0.2, 0.25) is 0 Å². The topological polar surface area (TPSA) is 168 Å². The van der Waals surface area contributed by atoms with Crippen LogP contribution in [0.4, 0.5) is 11.6 Å². The molecule has 0 aliphatic carbocycles. The van der Waals surface area contributed by atoms with Gasteiger partial charge in [-0.3, -0.25) is 0 Å². The van der Waals surface area contributed by atoms with E-state index < -0.39 is 39.8 Å². The lowest BCUT2D eigenvalue weighted by atomic mass is 10.4. The number of ether oxygens (including phenoxy) is 2. The normalized spacial score (nSPS) is 9.68. The second-order valence-corrected chi connectivity index (χ2v) is 6.17. The molecule has 14 heteroatoms. The predicted octanol–water partition coefficient (Wildman–Crippen LogP) is 3.15. The standard InChI is InChI=1S/C9H9BrN2O5.C5H3BrN2O3/c1-2-16-8(13)5-17-6-3-4-7(10)11-9(6)12(14)15;6-4-2-1-3(9)5(7-4)8(10)11/h3-4H,2,5H2,1H3;1-2,9H. The second-order valence-electron chi connectivity index (χ2n) is 4.54. The van der Waals surface area contributed by atoms with Crippen LogP contribution < -0.4 is 4.74 Å². The number of hydrogen-bond donors (Lipinski definition) is 1. The molecule has 0 spiro atoms. The molecule has 0 unspecified atom stereocenters. The Morgan fingerprint density at radius 2 is 1.61 bits per heavy atom. The molecule has 2 aromatic rings. The Morgan fingerprint density at radius 3 is 2.11 bits per heavy atom. The van der Waals surface area contributed by atoms with E-state index in [4.69, 9.17) is 9.84 Å². The third kappa shape index (κ3) is 7.40. The number of carbonyl (C=O) groups excluding carboxylic acids is 1. The molecule has 150 valence electrons. The molecule has 0 radical (unpaired) electrons. The van der Waals surface area contributed by atoms with E-state index in [0.717, 1.165) is 0 Å². The lowest BCUT2D eigenvalue weighted by Gasteiger charge is -2.05. The Labute approximate surface area is 174 Å². The van der Waals surface area contributed by atoms with E-state index in [-0.39, 0.29) is 12.4 Å². The molecule has 2 aromatic heterocycles. The number of halogens is 2. The minimum absolute atomic E-state index is 0.0775. The number of nitrogens with zero attached hydrogens (tertiary/aromatic N) is 4. The Hall–Kier alpha value is -2.87. The van der Waals surface area contributed by atoms with Gasteiger partial charge >= 0.3 is 17.6 Å². The fourth-order valence-corrected chi connectivity index (χ4v) is 2.15. The minimum Gasteiger partial charge on any atom is -0.501 e. The number of rotatable bonds is 6. The number of carbonyl (C=O) groups is 1. The van der Waals surface area contributed by atoms with Crippen molar-refractivity contribution in [3.63, 3.8) is 0 Å². The van der Waals surface area contributed by atoms with Gasteiger partial charge in [0, 0.05) is 44.0 Å². The Balaban J connectivity index is 0.000000307. The van der Waals surface area contributed by atoms with E-state index >= 15 is 0 Å². The minimum atomic E-state index is -0.750. The summed E-state index contributed by atoms with van der Waals surface area (Å²) in [6.07, 6.45) is 0. The number of aromatic nitrogens is 2. The summed E-state index contributed by atoms with van der Waals surface area (Å²) >= 11 is 5.94. The summed E-state index contributed by atoms with van der Waals surface area (Å²) < 4.78 is 10.2. The van der Waals surface area contributed by atoms with Gasteiger partial charge in [-0.15, -0.1) is 0 Å². The van der Waals surface area contributed by atoms with Gasteiger partial charge in [-0.05, 0) is 38.9 Å². The van der Waals surface area contributed by atoms with Gasteiger partial charge in [0.1, 0.15) is 0 Å². The Morgan fingerprint density at radius 1 is 1.07 bits per heavy atom. The van der Waals surface area contributed by atoms with Crippen molar-refractivity contribution in [3.05, 3.63) is 53.7 Å². The zero-order valence-corrected chi connectivity index (χ0v) is 17.2. The highest BCUT2D eigenvalue weighted by molar-refractivity contribution is 9.10. The van der Waals surface area contributed by atoms with Gasteiger partial charge < -0.3 is 34.8 Å². The van der Waals surface area contributed by atoms with E-state index in [0.29, 0.717) is 9.21 Å². The fraction of sp³-hybridized carbons (Fsp3) is 0.214. The molecule has 2 heterocycles. The van der Waals surface area contributed by atoms with Gasteiger partial charge in [0.05, 0.1) is 6.61 Å². The van der Waals surface area contributed by atoms with E-state index in [2.05, 4.69) is 46.6 Å². The van der Waals surface area contributed by atoms with Gasteiger partial charge in [-0.2, -0.15) is 0 Å². The summed E-state index contributed by atoms with van der Waals surface area (Å²) in [6, 6.07) is 5.46. The van der Waals surface area contributed by atoms with Crippen LogP contribution in [0.3, 0.4) is 0 Å². The summed E-state index contributed by atoms with van der Waals surface area (Å²) in [6.45, 7) is 1.49. The van der Waals surface area contributed by atoms with Crippen LogP contribution in [-0.2, 0) is 9.53 Å². The van der Waals surface area contributed by atoms with Gasteiger partial charge in [0.15, 0.2) is 6.61 Å². The largest absolute Gasteiger partial charge is 0.501 e. The van der Waals surface area contributed by atoms with E-state index in [1.807, 2.05) is 0 Å². The maximum atomic E-state index is 11.0. The first-order valence-electron chi connectivity index (χ1n) is 7.25. The third-order valence-electron chi connectivity index (χ3n) is 2.62. The molecule has 1 N–H and O–H groups in total. The van der Waals surface area contributed by atoms with Gasteiger partial charge in [0.2, 0.25) is 20.7 Å². The molecular weight excluding hydrogens is 512 g/mol. The lowest BCUT2D eigenvalue weighted by molar-refractivity contribution is -0.390. The summed E-state index contributed by atoms with van der Waals surface area (Å²) in [5, 5.41) is 29.7. The van der Waals surface area contributed by atoms with Crippen LogP contribution >= 0.6 is 31.9 Å². The van der Waals surface area contributed by atoms with Crippen LogP contribution in [0, 0.1) is 20.2 Å². The molecule has 0 saturated heterocycles. The van der Waals surface area contributed by atoms with Gasteiger partial charge in [0.25, 0.3) is 0 Å². The zero-order chi connectivity index (χ0) is 21.3. The molecule has 0 bridgehead atoms. The fourth-order valence-electron chi connectivity index (χ4n) is 1.55. The average molecular weight is 524 g/mol. The van der Waals surface area contributed by atoms with E-state index in [1.165, 1.54) is 24.3 Å². The Bertz CT molecular complexity index is 880. The first-order valence-corrected chi connectivity index (χ1v) is 8.83. The molecule has 0 amide bonds. The summed E-state index contributed by atoms with van der Waals surface area (Å²) in [5.74, 6) is -2.10. The quantitative estimate of drug-likeness (QED) is 0.257. The van der Waals surface area contributed by atoms with Crippen LogP contribution in [0.5, 0.6) is 11.5 Å². The first kappa shape index (κ1) is 23.2. The van der Waals surface area contributed by atoms with Crippen molar-refractivity contribution in [3.8, 4) is 11.5 Å². The van der Waals surface area contributed by atoms with Gasteiger partial charge in [-0.1, -0.05) is 0 Å². The van der Waals surface area contributed by atoms with Gasteiger partial charge in [-0.25, -0.2) is 4.79 Å². The summed E-state index contributed by atoms with van der Waals surface area (Å²) in [7, 11) is 0. The lowest BCUT2D eigenvalue weighted by Crippen LogP contribution is -2.15. The monoisotopic (exact) mass is 522 g/mol. The van der Waals surface area contributed by atoms with Crippen molar-refractivity contribution in [2.24, 2.45) is 0 Å². The molecule has 0 aromatic carbocycles. The smallest absolute Gasteiger partial charge is 0.407 e. The first-order chi connectivity index (χ1) is 13.1. The number of esters is 1. The maximum absolute atomic E-state index is 11.0. The number of hydrogen-bond acceptors (Lipinski definition) is 10. The van der Waals surface area contributed by atoms with Crippen molar-refractivity contribution < 1.29 is 29.2 Å². The van der Waals surface area contributed by atoms with E-state index in [1.54, 1.807) is 6.92 Å². The maximum Gasteiger partial charge on any atom is 0.407 e. The van der Waals surface area contributed by atoms with Crippen LogP contribution in [0.15, 0.2) is 33.5 Å². The van der Waals surface area contributed by atoms with Crippen molar-refractivity contribution in [1.82, 2.24) is 9.97 Å². The molecule has 0 fully saturated rings. The number of pyridine rings is 2. The highest BCUT2D eigenvalue weighted by atomic mass is 79.9. The third-order valence-corrected chi connectivity index (χ3v) is 3.51. The predicted molar refractivity (Wildman–Crippen MR) is 101 cm³/mol. The summed E-state index contributed by atoms with van der Waals surface area (Å²) in [4.78, 5) is 37.5. The van der Waals surface area contributed by atoms with Crippen molar-refractivity contribution in [2.45, 2.75) is 6.92 Å². The highest BCUT2D eigenvalue weighted by Gasteiger charge is 2.19. The molecule has 12 nitrogen and oxygen atoms in total. The van der Waals surface area contributed by atoms with Crippen molar-refractivity contribution >= 4 is 49.5 Å². The molecule has 2 rings (SSSR count). The molecule has 0 saturated carbocycles. The zero-order valence-electron chi connectivity index (χ0n) is 14.1. The molecular formula is C14H12Br2N4O8. The molecule has 28 heavy (non-hydrogen) atoms. The number of aromatic hydroxyl groups is 1. The SMILES string of the molecule is CCOC(=O)COc1ccc(Br)nc1[N+](=O)[O-].O=[N+]([O-])c1nc(Br)ccc1O. The van der Waals surface area contributed by atoms with Crippen molar-refractivity contribution in [1.29, 1.82) is 0 Å². The van der Waals surface area contributed by atoms with Crippen LogP contribution in [0.1, 0.15) is 6.92 Å². The van der Waals surface area contributed by atoms with Crippen molar-refractivity contribution in [2.75, 3.05) is 13.2 Å². The highest BCUT2D eigenvalue weighted by Crippen LogP contribution is 2.26. The van der Waals surface area contributed by atoms with Crippen LogP contribution in [0.25, 0.3) is 0 Å². The summed E-state index contributed by atoms with van der Waals surface area (Å²) in [5.41, 5.74) is 0. The second kappa shape index (κ2) is 11.1. The molecule has 0 atom stereocenters. The van der Waals surface area contributed by atoms with E-state index in [9.17, 15) is 25.0 Å². The Kier molecular flexibility index (Phi) is 9.17. The molecule has 0 aliphatic heterocycles. The molecule has 0 aliphatic rings. The average Bonchev–Trinajstić information content (AvgIpc) is 2.63. The number of nitro groups is 2. The van der Waals surface area contributed by atoms with Crippen LogP contribution in [-0.4, -0.2) is 44.1 Å².